The molecule has 232 valence electrons. The molecule has 0 atom stereocenters. The van der Waals surface area contributed by atoms with Crippen molar-refractivity contribution in [2.24, 2.45) is 5.92 Å². The fourth-order valence-corrected chi connectivity index (χ4v) is 6.46. The van der Waals surface area contributed by atoms with Crippen molar-refractivity contribution in [3.05, 3.63) is 46.0 Å². The molecule has 2 aliphatic heterocycles. The lowest BCUT2D eigenvalue weighted by Gasteiger charge is -2.40. The van der Waals surface area contributed by atoms with E-state index in [0.717, 1.165) is 50.6 Å². The highest BCUT2D eigenvalue weighted by Crippen LogP contribution is 2.43. The van der Waals surface area contributed by atoms with Crippen LogP contribution >= 0.6 is 0 Å². The van der Waals surface area contributed by atoms with Gasteiger partial charge in [0.05, 0.1) is 39.4 Å². The number of nitrogens with one attached hydrogen (secondary N) is 3. The highest BCUT2D eigenvalue weighted by atomic mass is 19.4. The number of piperidine rings is 1. The first-order valence-corrected chi connectivity index (χ1v) is 14.4. The summed E-state index contributed by atoms with van der Waals surface area (Å²) in [6, 6.07) is 2.00. The molecule has 13 heteroatoms. The van der Waals surface area contributed by atoms with Crippen LogP contribution in [-0.2, 0) is 15.8 Å². The first kappa shape index (κ1) is 30.9. The predicted molar refractivity (Wildman–Crippen MR) is 151 cm³/mol. The van der Waals surface area contributed by atoms with Gasteiger partial charge in [-0.15, -0.1) is 0 Å². The molecule has 0 bridgehead atoms. The summed E-state index contributed by atoms with van der Waals surface area (Å²) < 4.78 is 58.2. The van der Waals surface area contributed by atoms with E-state index in [9.17, 15) is 37.1 Å². The number of Topliss-reactive ketones (excluding diaryl/α,β-unsaturated/α-hetero) is 1. The van der Waals surface area contributed by atoms with E-state index in [-0.39, 0.29) is 41.0 Å². The number of aliphatic hydroxyl groups excluding tert-OH is 1. The van der Waals surface area contributed by atoms with E-state index in [0.29, 0.717) is 19.4 Å². The van der Waals surface area contributed by atoms with Crippen molar-refractivity contribution in [1.29, 1.82) is 0 Å². The number of rotatable bonds is 7. The third-order valence-corrected chi connectivity index (χ3v) is 8.60. The van der Waals surface area contributed by atoms with E-state index in [1.807, 2.05) is 0 Å². The molecule has 5 rings (SSSR count). The lowest BCUT2D eigenvalue weighted by Crippen LogP contribution is -2.47. The second-order valence-electron chi connectivity index (χ2n) is 11.7. The lowest BCUT2D eigenvalue weighted by atomic mass is 9.75. The number of aryl methyl sites for hydroxylation is 1. The molecule has 0 spiro atoms. The highest BCUT2D eigenvalue weighted by molar-refractivity contribution is 6.35. The Kier molecular flexibility index (Phi) is 8.52. The molecule has 1 saturated heterocycles. The monoisotopic (exact) mass is 606 g/mol. The van der Waals surface area contributed by atoms with Crippen LogP contribution < -0.4 is 10.6 Å². The number of β-amino-alcohol motifs (C(OH)–C–C–N with tert-alkyl or cyclic N) is 1. The Hall–Kier alpha value is -3.55. The maximum Gasteiger partial charge on any atom is 0.419 e. The number of aromatic amines is 1. The minimum Gasteiger partial charge on any atom is -0.389 e. The number of carbonyl (C=O) groups is 3. The molecule has 1 saturated carbocycles. The minimum atomic E-state index is -4.95. The Balaban J connectivity index is 1.42. The number of hydrogen-bond acceptors (Lipinski definition) is 6. The number of ketones is 1. The van der Waals surface area contributed by atoms with Crippen molar-refractivity contribution < 1.29 is 42.2 Å². The second-order valence-corrected chi connectivity index (χ2v) is 11.7. The van der Waals surface area contributed by atoms with Gasteiger partial charge in [-0.2, -0.15) is 13.2 Å². The van der Waals surface area contributed by atoms with Crippen molar-refractivity contribution in [2.75, 3.05) is 36.9 Å². The molecule has 43 heavy (non-hydrogen) atoms. The van der Waals surface area contributed by atoms with E-state index >= 15 is 0 Å². The lowest BCUT2D eigenvalue weighted by molar-refractivity contribution is -0.138. The Morgan fingerprint density at radius 3 is 2.47 bits per heavy atom. The summed E-state index contributed by atoms with van der Waals surface area (Å²) in [5.41, 5.74) is -3.77. The molecule has 0 radical (unpaired) electrons. The molecule has 0 unspecified atom stereocenters. The van der Waals surface area contributed by atoms with E-state index in [1.54, 1.807) is 0 Å². The normalized spacial score (nSPS) is 23.7. The average molecular weight is 607 g/mol. The van der Waals surface area contributed by atoms with Crippen LogP contribution in [0.15, 0.2) is 12.1 Å². The van der Waals surface area contributed by atoms with Gasteiger partial charge < -0.3 is 30.7 Å². The number of fused-ring (bicyclic) bond motifs is 1. The molecule has 3 heterocycles. The Bertz CT molecular complexity index is 1470. The van der Waals surface area contributed by atoms with Crippen molar-refractivity contribution in [1.82, 2.24) is 9.88 Å². The van der Waals surface area contributed by atoms with Crippen LogP contribution in [-0.4, -0.2) is 69.5 Å². The van der Waals surface area contributed by atoms with Crippen molar-refractivity contribution in [2.45, 2.75) is 63.6 Å². The summed E-state index contributed by atoms with van der Waals surface area (Å²) in [6.45, 7) is 2.75. The zero-order valence-corrected chi connectivity index (χ0v) is 23.7. The summed E-state index contributed by atoms with van der Waals surface area (Å²) in [6.07, 6.45) is 0.406. The summed E-state index contributed by atoms with van der Waals surface area (Å²) in [5.74, 6) is -4.02. The Morgan fingerprint density at radius 1 is 1.16 bits per heavy atom. The van der Waals surface area contributed by atoms with Crippen LogP contribution in [0.1, 0.15) is 77.8 Å². The van der Waals surface area contributed by atoms with Crippen LogP contribution in [0, 0.1) is 18.7 Å². The van der Waals surface area contributed by atoms with Gasteiger partial charge in [0.1, 0.15) is 12.4 Å². The number of H-pyrrole nitrogens is 1. The maximum atomic E-state index is 14.7. The van der Waals surface area contributed by atoms with Gasteiger partial charge in [0, 0.05) is 23.7 Å². The summed E-state index contributed by atoms with van der Waals surface area (Å²) in [7, 11) is 0. The minimum absolute atomic E-state index is 0.00907. The fraction of sp³-hybridized carbons (Fsp3) is 0.500. The third-order valence-electron chi connectivity index (χ3n) is 8.60. The van der Waals surface area contributed by atoms with Crippen LogP contribution in [0.3, 0.4) is 0 Å². The molecule has 9 nitrogen and oxygen atoms in total. The number of hydrogen-bond donors (Lipinski definition) is 5. The molecule has 2 amide bonds. The molecule has 1 aliphatic carbocycles. The number of amides is 2. The fourth-order valence-electron chi connectivity index (χ4n) is 6.46. The van der Waals surface area contributed by atoms with Crippen molar-refractivity contribution in [3.8, 4) is 0 Å². The summed E-state index contributed by atoms with van der Waals surface area (Å²) >= 11 is 0. The molecule has 3 aliphatic rings. The predicted octanol–water partition coefficient (Wildman–Crippen LogP) is 4.49. The van der Waals surface area contributed by atoms with Crippen LogP contribution in [0.2, 0.25) is 0 Å². The zero-order chi connectivity index (χ0) is 31.1. The van der Waals surface area contributed by atoms with Gasteiger partial charge in [0.15, 0.2) is 5.78 Å². The SMILES string of the molecule is Cc1[nH]c(/C=C2\C(=O)Nc3cc(NC(=O)CO)c(F)cc32)c(C(F)(F)F)c1C(=O)C1CCC(O)(CN2CCCCC2)CC1. The third kappa shape index (κ3) is 6.38. The van der Waals surface area contributed by atoms with Gasteiger partial charge in [-0.3, -0.25) is 14.4 Å². The molecule has 1 aromatic carbocycles. The number of anilines is 2. The number of likely N-dealkylation sites (tertiary alicyclic amines) is 1. The van der Waals surface area contributed by atoms with Gasteiger partial charge >= 0.3 is 6.18 Å². The van der Waals surface area contributed by atoms with E-state index in [1.165, 1.54) is 6.92 Å². The molecular formula is C30H34F4N4O5. The number of halogens is 4. The largest absolute Gasteiger partial charge is 0.419 e. The molecule has 1 aromatic heterocycles. The second kappa shape index (κ2) is 11.9. The van der Waals surface area contributed by atoms with Gasteiger partial charge in [0.25, 0.3) is 5.91 Å². The smallest absolute Gasteiger partial charge is 0.389 e. The average Bonchev–Trinajstić information content (AvgIpc) is 3.44. The molecule has 2 aromatic rings. The number of carbonyl (C=O) groups excluding carboxylic acids is 3. The Labute approximate surface area is 245 Å². The number of aromatic nitrogens is 1. The molecule has 2 fully saturated rings. The van der Waals surface area contributed by atoms with Gasteiger partial charge in [-0.25, -0.2) is 4.39 Å². The van der Waals surface area contributed by atoms with Gasteiger partial charge in [-0.1, -0.05) is 6.42 Å². The van der Waals surface area contributed by atoms with Gasteiger partial charge in [-0.05, 0) is 76.7 Å². The van der Waals surface area contributed by atoms with Crippen LogP contribution in [0.5, 0.6) is 0 Å². The zero-order valence-electron chi connectivity index (χ0n) is 23.7. The van der Waals surface area contributed by atoms with Crippen LogP contribution in [0.25, 0.3) is 11.6 Å². The van der Waals surface area contributed by atoms with Gasteiger partial charge in [0.2, 0.25) is 5.91 Å². The topological polar surface area (TPSA) is 135 Å². The highest BCUT2D eigenvalue weighted by Gasteiger charge is 2.44. The number of alkyl halides is 3. The number of nitrogens with zero attached hydrogens (tertiary/aromatic N) is 1. The molecular weight excluding hydrogens is 572 g/mol. The maximum absolute atomic E-state index is 14.7. The number of benzene rings is 1. The van der Waals surface area contributed by atoms with E-state index < -0.39 is 64.5 Å². The standard InChI is InChI=1S/C30H34F4N4O5/c1-16-25(27(41)17-5-7-29(43,8-6-17)15-38-9-3-2-4-10-38)26(30(32,33)34)23(35-16)12-19-18-11-20(31)22(36-24(40)14-39)13-21(18)37-28(19)42/h11-13,17,35,39,43H,2-10,14-15H2,1H3,(H,36,40)(H,37,42)/b19-12-. The van der Waals surface area contributed by atoms with Crippen molar-refractivity contribution in [3.63, 3.8) is 0 Å². The first-order chi connectivity index (χ1) is 20.3. The number of aliphatic hydroxyl groups is 2. The van der Waals surface area contributed by atoms with E-state index in [2.05, 4.69) is 20.5 Å². The van der Waals surface area contributed by atoms with Crippen LogP contribution in [0.4, 0.5) is 28.9 Å². The van der Waals surface area contributed by atoms with E-state index in [4.69, 9.17) is 5.11 Å². The summed E-state index contributed by atoms with van der Waals surface area (Å²) in [4.78, 5) is 42.6. The Morgan fingerprint density at radius 2 is 1.84 bits per heavy atom. The molecule has 5 N–H and O–H groups in total. The quantitative estimate of drug-likeness (QED) is 0.179. The summed E-state index contributed by atoms with van der Waals surface area (Å²) in [5, 5.41) is 24.6. The van der Waals surface area contributed by atoms with Crippen molar-refractivity contribution >= 4 is 40.6 Å². The first-order valence-electron chi connectivity index (χ1n) is 14.4.